The molecule has 0 aliphatic carbocycles. The highest BCUT2D eigenvalue weighted by molar-refractivity contribution is 6.30. The second-order valence-electron chi connectivity index (χ2n) is 4.85. The van der Waals surface area contributed by atoms with E-state index in [9.17, 15) is 5.11 Å². The van der Waals surface area contributed by atoms with Gasteiger partial charge in [0.2, 0.25) is 0 Å². The van der Waals surface area contributed by atoms with E-state index in [2.05, 4.69) is 5.10 Å². The van der Waals surface area contributed by atoms with Crippen LogP contribution in [0.1, 0.15) is 35.4 Å². The average Bonchev–Trinajstić information content (AvgIpc) is 2.71. The van der Waals surface area contributed by atoms with E-state index in [1.165, 1.54) is 0 Å². The number of aryl methyl sites for hydroxylation is 1. The number of aliphatic hydroxyl groups excluding tert-OH is 1. The monoisotopic (exact) mass is 278 g/mol. The maximum Gasteiger partial charge on any atom is 0.130 e. The van der Waals surface area contributed by atoms with Crippen LogP contribution in [0.4, 0.5) is 0 Å². The van der Waals surface area contributed by atoms with Gasteiger partial charge in [0.1, 0.15) is 11.9 Å². The quantitative estimate of drug-likeness (QED) is 0.872. The van der Waals surface area contributed by atoms with Crippen molar-refractivity contribution in [3.8, 4) is 5.75 Å². The molecule has 19 heavy (non-hydrogen) atoms. The van der Waals surface area contributed by atoms with Gasteiger partial charge in [-0.1, -0.05) is 11.6 Å². The normalized spacial score (nSPS) is 21.9. The van der Waals surface area contributed by atoms with E-state index in [0.717, 1.165) is 16.8 Å². The van der Waals surface area contributed by atoms with Gasteiger partial charge in [-0.15, -0.1) is 0 Å². The SMILES string of the molecule is Cc1c(C2CC(O)c3cc(Cl)ccc3O2)cnn1C. The Hall–Kier alpha value is -1.52. The van der Waals surface area contributed by atoms with Crippen LogP contribution in [0.3, 0.4) is 0 Å². The number of nitrogens with zero attached hydrogens (tertiary/aromatic N) is 2. The first-order valence-electron chi connectivity index (χ1n) is 6.19. The van der Waals surface area contributed by atoms with Crippen molar-refractivity contribution in [2.24, 2.45) is 7.05 Å². The Morgan fingerprint density at radius 2 is 2.21 bits per heavy atom. The molecular weight excluding hydrogens is 264 g/mol. The Labute approximate surface area is 116 Å². The molecule has 1 N–H and O–H groups in total. The number of hydrogen-bond donors (Lipinski definition) is 1. The third kappa shape index (κ3) is 2.11. The summed E-state index contributed by atoms with van der Waals surface area (Å²) in [6, 6.07) is 5.33. The molecule has 2 atom stereocenters. The molecular formula is C14H15ClN2O2. The predicted molar refractivity (Wildman–Crippen MR) is 72.3 cm³/mol. The van der Waals surface area contributed by atoms with Crippen LogP contribution >= 0.6 is 11.6 Å². The van der Waals surface area contributed by atoms with E-state index in [1.54, 1.807) is 24.4 Å². The Bertz CT molecular complexity index is 624. The van der Waals surface area contributed by atoms with Crippen LogP contribution < -0.4 is 4.74 Å². The summed E-state index contributed by atoms with van der Waals surface area (Å²) in [6.07, 6.45) is 1.58. The molecule has 4 nitrogen and oxygen atoms in total. The van der Waals surface area contributed by atoms with Gasteiger partial charge in [0.15, 0.2) is 0 Å². The Kier molecular flexibility index (Phi) is 2.99. The van der Waals surface area contributed by atoms with Crippen molar-refractivity contribution < 1.29 is 9.84 Å². The van der Waals surface area contributed by atoms with Gasteiger partial charge in [0.05, 0.1) is 12.3 Å². The molecule has 2 unspecified atom stereocenters. The minimum Gasteiger partial charge on any atom is -0.485 e. The van der Waals surface area contributed by atoms with Crippen molar-refractivity contribution in [1.82, 2.24) is 9.78 Å². The van der Waals surface area contributed by atoms with Gasteiger partial charge >= 0.3 is 0 Å². The molecule has 0 fully saturated rings. The summed E-state index contributed by atoms with van der Waals surface area (Å²) in [4.78, 5) is 0. The molecule has 1 aliphatic rings. The van der Waals surface area contributed by atoms with E-state index in [1.807, 2.05) is 18.7 Å². The second-order valence-corrected chi connectivity index (χ2v) is 5.29. The maximum atomic E-state index is 10.2. The molecule has 0 saturated carbocycles. The molecule has 3 rings (SSSR count). The Morgan fingerprint density at radius 1 is 1.42 bits per heavy atom. The van der Waals surface area contributed by atoms with Gasteiger partial charge in [-0.2, -0.15) is 5.10 Å². The number of ether oxygens (including phenoxy) is 1. The lowest BCUT2D eigenvalue weighted by Gasteiger charge is -2.29. The summed E-state index contributed by atoms with van der Waals surface area (Å²) in [6.45, 7) is 2.00. The lowest BCUT2D eigenvalue weighted by molar-refractivity contribution is 0.0654. The zero-order valence-corrected chi connectivity index (χ0v) is 11.6. The minimum atomic E-state index is -0.563. The van der Waals surface area contributed by atoms with Crippen molar-refractivity contribution in [2.75, 3.05) is 0 Å². The zero-order chi connectivity index (χ0) is 13.6. The largest absolute Gasteiger partial charge is 0.485 e. The van der Waals surface area contributed by atoms with Crippen molar-refractivity contribution in [2.45, 2.75) is 25.6 Å². The van der Waals surface area contributed by atoms with Crippen molar-refractivity contribution in [3.63, 3.8) is 0 Å². The first-order chi connectivity index (χ1) is 9.06. The van der Waals surface area contributed by atoms with Crippen LogP contribution in [0.25, 0.3) is 0 Å². The van der Waals surface area contributed by atoms with Crippen molar-refractivity contribution >= 4 is 11.6 Å². The van der Waals surface area contributed by atoms with E-state index in [-0.39, 0.29) is 6.10 Å². The summed E-state index contributed by atoms with van der Waals surface area (Å²) in [5.74, 6) is 0.691. The maximum absolute atomic E-state index is 10.2. The summed E-state index contributed by atoms with van der Waals surface area (Å²) >= 11 is 5.94. The smallest absolute Gasteiger partial charge is 0.130 e. The van der Waals surface area contributed by atoms with Crippen molar-refractivity contribution in [3.05, 3.63) is 46.2 Å². The van der Waals surface area contributed by atoms with Crippen LogP contribution in [-0.2, 0) is 7.05 Å². The fraction of sp³-hybridized carbons (Fsp3) is 0.357. The Balaban J connectivity index is 1.97. The molecule has 0 saturated heterocycles. The molecule has 2 aromatic rings. The van der Waals surface area contributed by atoms with Crippen LogP contribution in [0.5, 0.6) is 5.75 Å². The van der Waals surface area contributed by atoms with Gasteiger partial charge in [-0.05, 0) is 25.1 Å². The highest BCUT2D eigenvalue weighted by atomic mass is 35.5. The fourth-order valence-corrected chi connectivity index (χ4v) is 2.62. The topological polar surface area (TPSA) is 47.3 Å². The summed E-state index contributed by atoms with van der Waals surface area (Å²) in [7, 11) is 1.89. The number of aromatic nitrogens is 2. The Morgan fingerprint density at radius 3 is 2.89 bits per heavy atom. The fourth-order valence-electron chi connectivity index (χ4n) is 2.44. The first-order valence-corrected chi connectivity index (χ1v) is 6.56. The number of benzene rings is 1. The van der Waals surface area contributed by atoms with Gasteiger partial charge in [0.25, 0.3) is 0 Å². The van der Waals surface area contributed by atoms with Gasteiger partial charge < -0.3 is 9.84 Å². The lowest BCUT2D eigenvalue weighted by atomic mass is 9.95. The number of hydrogen-bond acceptors (Lipinski definition) is 3. The summed E-state index contributed by atoms with van der Waals surface area (Å²) in [5, 5.41) is 15.1. The molecule has 1 aromatic carbocycles. The number of fused-ring (bicyclic) bond motifs is 1. The van der Waals surface area contributed by atoms with Gasteiger partial charge in [-0.3, -0.25) is 4.68 Å². The third-order valence-electron chi connectivity index (χ3n) is 3.66. The van der Waals surface area contributed by atoms with Crippen molar-refractivity contribution in [1.29, 1.82) is 0 Å². The summed E-state index contributed by atoms with van der Waals surface area (Å²) in [5.41, 5.74) is 2.82. The molecule has 0 amide bonds. The standard InChI is InChI=1S/C14H15ClN2O2/c1-8-11(7-16-17(8)2)14-6-12(18)10-5-9(15)3-4-13(10)19-14/h3-5,7,12,14,18H,6H2,1-2H3. The zero-order valence-electron chi connectivity index (χ0n) is 10.8. The van der Waals surface area contributed by atoms with Gasteiger partial charge in [-0.25, -0.2) is 0 Å². The molecule has 100 valence electrons. The molecule has 0 bridgehead atoms. The molecule has 0 spiro atoms. The molecule has 2 heterocycles. The van der Waals surface area contributed by atoms with Crippen LogP contribution in [-0.4, -0.2) is 14.9 Å². The second kappa shape index (κ2) is 4.54. The highest BCUT2D eigenvalue weighted by Gasteiger charge is 2.30. The number of halogens is 1. The van der Waals surface area contributed by atoms with E-state index in [4.69, 9.17) is 16.3 Å². The van der Waals surface area contributed by atoms with Gasteiger partial charge in [0, 0.05) is 35.3 Å². The number of rotatable bonds is 1. The third-order valence-corrected chi connectivity index (χ3v) is 3.89. The molecule has 5 heteroatoms. The summed E-state index contributed by atoms with van der Waals surface area (Å²) < 4.78 is 7.77. The molecule has 1 aliphatic heterocycles. The van der Waals surface area contributed by atoms with Crippen LogP contribution in [0, 0.1) is 6.92 Å². The minimum absolute atomic E-state index is 0.169. The average molecular weight is 279 g/mol. The van der Waals surface area contributed by atoms with Crippen LogP contribution in [0.15, 0.2) is 24.4 Å². The van der Waals surface area contributed by atoms with E-state index in [0.29, 0.717) is 17.2 Å². The van der Waals surface area contributed by atoms with E-state index >= 15 is 0 Å². The highest BCUT2D eigenvalue weighted by Crippen LogP contribution is 2.42. The molecule has 0 radical (unpaired) electrons. The lowest BCUT2D eigenvalue weighted by Crippen LogP contribution is -2.19. The van der Waals surface area contributed by atoms with E-state index < -0.39 is 6.10 Å². The van der Waals surface area contributed by atoms with Crippen LogP contribution in [0.2, 0.25) is 5.02 Å². The first kappa shape index (κ1) is 12.5. The number of aliphatic hydroxyl groups is 1. The molecule has 1 aromatic heterocycles. The predicted octanol–water partition coefficient (Wildman–Crippen LogP) is 2.94.